The van der Waals surface area contributed by atoms with Crippen LogP contribution >= 0.6 is 15.9 Å². The highest BCUT2D eigenvalue weighted by Gasteiger charge is 2.05. The summed E-state index contributed by atoms with van der Waals surface area (Å²) in [5.74, 6) is 0.0613. The average Bonchev–Trinajstić information content (AvgIpc) is 2.33. The Hall–Kier alpha value is -1.37. The van der Waals surface area contributed by atoms with Crippen LogP contribution in [0, 0.1) is 0 Å². The normalized spacial score (nSPS) is 10.8. The lowest BCUT2D eigenvalue weighted by Crippen LogP contribution is -2.15. The molecule has 0 spiro atoms. The van der Waals surface area contributed by atoms with E-state index in [-0.39, 0.29) is 17.2 Å². The molecule has 0 amide bonds. The van der Waals surface area contributed by atoms with E-state index in [1.807, 2.05) is 0 Å². The first-order valence-electron chi connectivity index (χ1n) is 3.07. The average molecular weight is 230 g/mol. The maximum Gasteiger partial charge on any atom is 0.295 e. The molecule has 3 N–H and O–H groups in total. The number of aromatic nitrogens is 4. The standard InChI is InChI=1S/C5H4BrN5O/c6-2-1-8-3-4(12)9-5(7)10-11(2)3/h1H,(H3,7,9,10,12). The Bertz CT molecular complexity index is 486. The lowest BCUT2D eigenvalue weighted by molar-refractivity contribution is 0.881. The molecule has 0 aliphatic heterocycles. The van der Waals surface area contributed by atoms with Gasteiger partial charge in [0.2, 0.25) is 11.6 Å². The maximum absolute atomic E-state index is 11.1. The summed E-state index contributed by atoms with van der Waals surface area (Å²) < 4.78 is 1.92. The molecular formula is C5H4BrN5O. The quantitative estimate of drug-likeness (QED) is 0.653. The molecule has 0 atom stereocenters. The summed E-state index contributed by atoms with van der Waals surface area (Å²) in [5.41, 5.74) is 5.18. The molecule has 0 saturated heterocycles. The lowest BCUT2D eigenvalue weighted by Gasteiger charge is -1.94. The summed E-state index contributed by atoms with van der Waals surface area (Å²) in [6, 6.07) is 0. The minimum Gasteiger partial charge on any atom is -0.368 e. The Morgan fingerprint density at radius 1 is 1.67 bits per heavy atom. The van der Waals surface area contributed by atoms with Crippen molar-refractivity contribution >= 4 is 27.5 Å². The van der Waals surface area contributed by atoms with Crippen molar-refractivity contribution in [3.63, 3.8) is 0 Å². The lowest BCUT2D eigenvalue weighted by atomic mass is 10.7. The fourth-order valence-electron chi connectivity index (χ4n) is 0.880. The zero-order valence-electron chi connectivity index (χ0n) is 5.78. The molecule has 0 aliphatic rings. The van der Waals surface area contributed by atoms with E-state index in [9.17, 15) is 4.79 Å². The SMILES string of the molecule is Nc1nn2c(Br)cnc2c(=O)[nH]1. The summed E-state index contributed by atoms with van der Waals surface area (Å²) in [5, 5.41) is 3.83. The molecule has 2 rings (SSSR count). The fraction of sp³-hybridized carbons (Fsp3) is 0. The third-order valence-corrected chi connectivity index (χ3v) is 1.89. The van der Waals surface area contributed by atoms with E-state index in [2.05, 4.69) is 31.0 Å². The van der Waals surface area contributed by atoms with Crippen molar-refractivity contribution in [1.29, 1.82) is 0 Å². The predicted molar refractivity (Wildman–Crippen MR) is 45.7 cm³/mol. The summed E-state index contributed by atoms with van der Waals surface area (Å²) in [4.78, 5) is 17.3. The number of fused-ring (bicyclic) bond motifs is 1. The first-order valence-corrected chi connectivity index (χ1v) is 3.87. The molecule has 7 heteroatoms. The van der Waals surface area contributed by atoms with Crippen LogP contribution in [-0.2, 0) is 0 Å². The molecule has 0 radical (unpaired) electrons. The van der Waals surface area contributed by atoms with E-state index in [4.69, 9.17) is 5.73 Å². The number of halogens is 1. The Morgan fingerprint density at radius 2 is 2.42 bits per heavy atom. The number of hydrogen-bond acceptors (Lipinski definition) is 4. The molecule has 0 saturated carbocycles. The van der Waals surface area contributed by atoms with Gasteiger partial charge in [-0.3, -0.25) is 9.78 Å². The van der Waals surface area contributed by atoms with Gasteiger partial charge < -0.3 is 5.73 Å². The summed E-state index contributed by atoms with van der Waals surface area (Å²) in [6.07, 6.45) is 1.48. The number of imidazole rings is 1. The maximum atomic E-state index is 11.1. The fourth-order valence-corrected chi connectivity index (χ4v) is 1.23. The number of H-pyrrole nitrogens is 1. The van der Waals surface area contributed by atoms with E-state index in [0.29, 0.717) is 4.60 Å². The van der Waals surface area contributed by atoms with Crippen LogP contribution in [0.1, 0.15) is 0 Å². The molecule has 0 unspecified atom stereocenters. The number of aromatic amines is 1. The van der Waals surface area contributed by atoms with Gasteiger partial charge in [0.25, 0.3) is 5.56 Å². The van der Waals surface area contributed by atoms with Crippen molar-refractivity contribution in [3.05, 3.63) is 21.2 Å². The highest BCUT2D eigenvalue weighted by molar-refractivity contribution is 9.10. The third kappa shape index (κ3) is 0.900. The third-order valence-electron chi connectivity index (χ3n) is 1.35. The number of nitrogens with zero attached hydrogens (tertiary/aromatic N) is 3. The zero-order chi connectivity index (χ0) is 8.72. The number of nitrogens with one attached hydrogen (secondary N) is 1. The molecule has 12 heavy (non-hydrogen) atoms. The van der Waals surface area contributed by atoms with Gasteiger partial charge >= 0.3 is 0 Å². The topological polar surface area (TPSA) is 89.1 Å². The second kappa shape index (κ2) is 2.31. The van der Waals surface area contributed by atoms with Gasteiger partial charge in [-0.25, -0.2) is 4.98 Å². The van der Waals surface area contributed by atoms with Gasteiger partial charge in [0.05, 0.1) is 6.20 Å². The van der Waals surface area contributed by atoms with Gasteiger partial charge in [-0.2, -0.15) is 4.52 Å². The van der Waals surface area contributed by atoms with Crippen LogP contribution in [0.15, 0.2) is 15.6 Å². The van der Waals surface area contributed by atoms with Crippen LogP contribution in [0.2, 0.25) is 0 Å². The minimum absolute atomic E-state index is 0.0613. The molecule has 0 aliphatic carbocycles. The second-order valence-corrected chi connectivity index (χ2v) is 2.97. The summed E-state index contributed by atoms with van der Waals surface area (Å²) >= 11 is 3.16. The molecule has 62 valence electrons. The summed E-state index contributed by atoms with van der Waals surface area (Å²) in [7, 11) is 0. The van der Waals surface area contributed by atoms with Crippen molar-refractivity contribution in [1.82, 2.24) is 19.6 Å². The Labute approximate surface area is 74.5 Å². The van der Waals surface area contributed by atoms with Crippen LogP contribution in [-0.4, -0.2) is 19.6 Å². The van der Waals surface area contributed by atoms with E-state index in [1.54, 1.807) is 0 Å². The van der Waals surface area contributed by atoms with Crippen LogP contribution in [0.25, 0.3) is 5.65 Å². The van der Waals surface area contributed by atoms with Crippen LogP contribution in [0.4, 0.5) is 5.95 Å². The first kappa shape index (κ1) is 7.29. The van der Waals surface area contributed by atoms with Crippen molar-refractivity contribution in [2.45, 2.75) is 0 Å². The molecule has 0 fully saturated rings. The first-order chi connectivity index (χ1) is 5.68. The number of anilines is 1. The summed E-state index contributed by atoms with van der Waals surface area (Å²) in [6.45, 7) is 0. The molecule has 6 nitrogen and oxygen atoms in total. The largest absolute Gasteiger partial charge is 0.368 e. The number of hydrogen-bond donors (Lipinski definition) is 2. The monoisotopic (exact) mass is 229 g/mol. The van der Waals surface area contributed by atoms with Gasteiger partial charge in [0.1, 0.15) is 4.60 Å². The Morgan fingerprint density at radius 3 is 3.17 bits per heavy atom. The minimum atomic E-state index is -0.354. The van der Waals surface area contributed by atoms with Crippen LogP contribution in [0.5, 0.6) is 0 Å². The van der Waals surface area contributed by atoms with E-state index in [0.717, 1.165) is 0 Å². The van der Waals surface area contributed by atoms with Crippen molar-refractivity contribution in [2.24, 2.45) is 0 Å². The van der Waals surface area contributed by atoms with Crippen molar-refractivity contribution < 1.29 is 0 Å². The second-order valence-electron chi connectivity index (χ2n) is 2.16. The van der Waals surface area contributed by atoms with Gasteiger partial charge in [0.15, 0.2) is 0 Å². The molecular weight excluding hydrogens is 226 g/mol. The van der Waals surface area contributed by atoms with E-state index >= 15 is 0 Å². The van der Waals surface area contributed by atoms with Gasteiger partial charge in [0, 0.05) is 0 Å². The molecule has 0 aromatic carbocycles. The van der Waals surface area contributed by atoms with Crippen molar-refractivity contribution in [3.8, 4) is 0 Å². The van der Waals surface area contributed by atoms with E-state index in [1.165, 1.54) is 10.7 Å². The molecule has 0 bridgehead atoms. The van der Waals surface area contributed by atoms with Crippen molar-refractivity contribution in [2.75, 3.05) is 5.73 Å². The zero-order valence-corrected chi connectivity index (χ0v) is 7.37. The van der Waals surface area contributed by atoms with Gasteiger partial charge in [-0.1, -0.05) is 0 Å². The van der Waals surface area contributed by atoms with Crippen LogP contribution in [0.3, 0.4) is 0 Å². The smallest absolute Gasteiger partial charge is 0.295 e. The molecule has 2 aromatic heterocycles. The Balaban J connectivity index is 3.03. The van der Waals surface area contributed by atoms with Gasteiger partial charge in [-0.05, 0) is 15.9 Å². The highest BCUT2D eigenvalue weighted by Crippen LogP contribution is 2.07. The van der Waals surface area contributed by atoms with E-state index < -0.39 is 0 Å². The predicted octanol–water partition coefficient (Wildman–Crippen LogP) is -0.238. The molecule has 2 heterocycles. The van der Waals surface area contributed by atoms with Gasteiger partial charge in [-0.15, -0.1) is 5.10 Å². The number of nitrogen functional groups attached to an aromatic ring is 1. The van der Waals surface area contributed by atoms with Crippen LogP contribution < -0.4 is 11.3 Å². The highest BCUT2D eigenvalue weighted by atomic mass is 79.9. The number of rotatable bonds is 0. The number of nitrogens with two attached hydrogens (primary N) is 1. The molecule has 2 aromatic rings. The Kier molecular flexibility index (Phi) is 1.40.